The van der Waals surface area contributed by atoms with E-state index >= 15 is 0 Å². The van der Waals surface area contributed by atoms with Gasteiger partial charge in [0.15, 0.2) is 11.5 Å². The first-order valence-corrected chi connectivity index (χ1v) is 18.4. The molecule has 2 N–H and O–H groups in total. The third kappa shape index (κ3) is 8.35. The molecule has 0 radical (unpaired) electrons. The van der Waals surface area contributed by atoms with E-state index in [0.29, 0.717) is 35.9 Å². The van der Waals surface area contributed by atoms with Crippen molar-refractivity contribution in [3.8, 4) is 34.6 Å². The second-order valence-electron chi connectivity index (χ2n) is 14.0. The van der Waals surface area contributed by atoms with Crippen molar-refractivity contribution in [2.24, 2.45) is 0 Å². The van der Waals surface area contributed by atoms with E-state index in [1.807, 2.05) is 91.8 Å². The molecule has 0 unspecified atom stereocenters. The predicted octanol–water partition coefficient (Wildman–Crippen LogP) is 5.87. The number of ether oxygens (including phenoxy) is 2. The first-order chi connectivity index (χ1) is 24.6. The van der Waals surface area contributed by atoms with Gasteiger partial charge in [0.05, 0.1) is 30.7 Å². The lowest BCUT2D eigenvalue weighted by molar-refractivity contribution is 0.0932. The number of nitrogens with zero attached hydrogens (tertiary/aromatic N) is 3. The molecule has 1 saturated heterocycles. The van der Waals surface area contributed by atoms with Gasteiger partial charge < -0.3 is 19.9 Å². The zero-order valence-corrected chi connectivity index (χ0v) is 30.8. The molecule has 2 aliphatic heterocycles. The van der Waals surface area contributed by atoms with Gasteiger partial charge in [-0.15, -0.1) is 0 Å². The van der Waals surface area contributed by atoms with E-state index in [1.165, 1.54) is 5.56 Å². The van der Waals surface area contributed by atoms with Gasteiger partial charge in [-0.1, -0.05) is 54.3 Å². The highest BCUT2D eigenvalue weighted by atomic mass is 32.2. The fraction of sp³-hybridized carbons (Fsp3) is 0.366. The van der Waals surface area contributed by atoms with Gasteiger partial charge in [0.25, 0.3) is 5.91 Å². The number of pyridine rings is 1. The second kappa shape index (κ2) is 15.8. The van der Waals surface area contributed by atoms with Crippen LogP contribution in [0.4, 0.5) is 0 Å². The number of carbonyl (C=O) groups is 1. The Morgan fingerprint density at radius 2 is 1.73 bits per heavy atom. The summed E-state index contributed by atoms with van der Waals surface area (Å²) < 4.78 is 26.1. The lowest BCUT2D eigenvalue weighted by atomic mass is 9.95. The average molecular weight is 707 g/mol. The minimum absolute atomic E-state index is 0.00179. The first kappa shape index (κ1) is 36.3. The van der Waals surface area contributed by atoms with Crippen molar-refractivity contribution in [1.82, 2.24) is 19.5 Å². The van der Waals surface area contributed by atoms with E-state index in [2.05, 4.69) is 34.2 Å². The molecule has 3 atom stereocenters. The van der Waals surface area contributed by atoms with Crippen LogP contribution in [0.2, 0.25) is 0 Å². The quantitative estimate of drug-likeness (QED) is 0.199. The molecule has 0 spiro atoms. The Bertz CT molecular complexity index is 1970. The number of hydrogen-bond acceptors (Lipinski definition) is 7. The summed E-state index contributed by atoms with van der Waals surface area (Å²) in [6.45, 7) is 8.64. The highest BCUT2D eigenvalue weighted by Crippen LogP contribution is 2.44. The Morgan fingerprint density at radius 3 is 2.43 bits per heavy atom. The van der Waals surface area contributed by atoms with E-state index in [-0.39, 0.29) is 24.6 Å². The number of fused-ring (bicyclic) bond motifs is 1. The zero-order chi connectivity index (χ0) is 36.1. The van der Waals surface area contributed by atoms with Crippen molar-refractivity contribution in [3.63, 3.8) is 0 Å². The SMILES string of the molecule is COc1ccc(C#Cc2cccc(-c3nc(C(=O)N[C@@H]4CCN(Cc5ccccc5)C4)cc4c3[C@H](CCO)N([S@@](=O)C(C)(C)C)C4)c2)cc1OC. The number of amides is 1. The molecule has 266 valence electrons. The topological polar surface area (TPSA) is 104 Å². The van der Waals surface area contributed by atoms with E-state index in [9.17, 15) is 14.1 Å². The van der Waals surface area contributed by atoms with Crippen LogP contribution >= 0.6 is 0 Å². The number of benzene rings is 3. The minimum atomic E-state index is -1.36. The largest absolute Gasteiger partial charge is 0.493 e. The Hall–Kier alpha value is -4.53. The molecule has 4 aromatic rings. The van der Waals surface area contributed by atoms with Gasteiger partial charge in [-0.2, -0.15) is 0 Å². The van der Waals surface area contributed by atoms with Crippen LogP contribution in [0.3, 0.4) is 0 Å². The van der Waals surface area contributed by atoms with E-state index in [0.717, 1.165) is 53.9 Å². The van der Waals surface area contributed by atoms with Gasteiger partial charge in [0, 0.05) is 61.1 Å². The summed E-state index contributed by atoms with van der Waals surface area (Å²) in [4.78, 5) is 21.3. The number of likely N-dealkylation sites (tertiary alicyclic amines) is 1. The predicted molar refractivity (Wildman–Crippen MR) is 201 cm³/mol. The number of methoxy groups -OCH3 is 2. The number of aliphatic hydroxyl groups is 1. The molecular formula is C41H46N4O5S. The second-order valence-corrected chi connectivity index (χ2v) is 16.2. The van der Waals surface area contributed by atoms with Gasteiger partial charge in [-0.3, -0.25) is 9.69 Å². The Kier molecular flexibility index (Phi) is 11.2. The Balaban J connectivity index is 1.34. The van der Waals surface area contributed by atoms with Gasteiger partial charge in [0.1, 0.15) is 16.7 Å². The third-order valence-corrected chi connectivity index (χ3v) is 11.1. The van der Waals surface area contributed by atoms with Crippen LogP contribution in [0.15, 0.2) is 78.9 Å². The fourth-order valence-corrected chi connectivity index (χ4v) is 8.20. The highest BCUT2D eigenvalue weighted by molar-refractivity contribution is 7.84. The van der Waals surface area contributed by atoms with Gasteiger partial charge in [0.2, 0.25) is 0 Å². The van der Waals surface area contributed by atoms with Crippen LogP contribution in [-0.4, -0.2) is 74.1 Å². The summed E-state index contributed by atoms with van der Waals surface area (Å²) in [5.41, 5.74) is 6.31. The molecule has 0 bridgehead atoms. The molecule has 1 fully saturated rings. The standard InChI is InChI=1S/C41H46N4O5S/c1-41(2,3)51(48)45-26-32-24-34(40(47)42-33-18-20-44(27-33)25-30-10-7-6-8-11-30)43-39(38(32)35(45)19-21-46)31-13-9-12-28(22-31)14-15-29-16-17-36(49-4)37(23-29)50-5/h6-13,16-17,22-24,33,35,46H,18-21,25-27H2,1-5H3,(H,42,47)/t33-,35+,51+/m1/s1. The summed E-state index contributed by atoms with van der Waals surface area (Å²) >= 11 is 0. The van der Waals surface area contributed by atoms with Gasteiger partial charge >= 0.3 is 0 Å². The third-order valence-electron chi connectivity index (χ3n) is 9.25. The number of aliphatic hydroxyl groups excluding tert-OH is 1. The zero-order valence-electron chi connectivity index (χ0n) is 29.9. The first-order valence-electron chi connectivity index (χ1n) is 17.3. The Labute approximate surface area is 303 Å². The molecule has 1 amide bonds. The number of aromatic nitrogens is 1. The fourth-order valence-electron chi connectivity index (χ4n) is 6.80. The van der Waals surface area contributed by atoms with Crippen molar-refractivity contribution in [1.29, 1.82) is 0 Å². The van der Waals surface area contributed by atoms with Crippen molar-refractivity contribution >= 4 is 16.9 Å². The van der Waals surface area contributed by atoms with Crippen LogP contribution in [0, 0.1) is 11.8 Å². The normalized spacial score (nSPS) is 18.1. The number of hydrogen-bond donors (Lipinski definition) is 2. The van der Waals surface area contributed by atoms with Crippen LogP contribution in [-0.2, 0) is 24.1 Å². The molecule has 51 heavy (non-hydrogen) atoms. The van der Waals surface area contributed by atoms with Crippen molar-refractivity contribution in [2.75, 3.05) is 33.9 Å². The maximum Gasteiger partial charge on any atom is 0.270 e. The highest BCUT2D eigenvalue weighted by Gasteiger charge is 2.40. The molecule has 3 heterocycles. The molecule has 2 aliphatic rings. The molecular weight excluding hydrogens is 661 g/mol. The molecule has 0 aliphatic carbocycles. The summed E-state index contributed by atoms with van der Waals surface area (Å²) in [5.74, 6) is 7.48. The summed E-state index contributed by atoms with van der Waals surface area (Å²) in [6, 6.07) is 25.2. The van der Waals surface area contributed by atoms with Gasteiger partial charge in [-0.05, 0) is 81.1 Å². The van der Waals surface area contributed by atoms with Crippen LogP contribution in [0.25, 0.3) is 11.3 Å². The maximum absolute atomic E-state index is 13.9. The molecule has 9 nitrogen and oxygen atoms in total. The number of nitrogens with one attached hydrogen (secondary N) is 1. The van der Waals surface area contributed by atoms with Crippen molar-refractivity contribution < 1.29 is 23.6 Å². The molecule has 10 heteroatoms. The molecule has 3 aromatic carbocycles. The van der Waals surface area contributed by atoms with Gasteiger partial charge in [-0.25, -0.2) is 13.5 Å². The number of rotatable bonds is 10. The smallest absolute Gasteiger partial charge is 0.270 e. The van der Waals surface area contributed by atoms with Crippen LogP contribution in [0.5, 0.6) is 11.5 Å². The van der Waals surface area contributed by atoms with Crippen molar-refractivity contribution in [2.45, 2.75) is 63.5 Å². The maximum atomic E-state index is 13.9. The van der Waals surface area contributed by atoms with E-state index in [1.54, 1.807) is 14.2 Å². The van der Waals surface area contributed by atoms with Crippen LogP contribution < -0.4 is 14.8 Å². The van der Waals surface area contributed by atoms with E-state index < -0.39 is 15.7 Å². The summed E-state index contributed by atoms with van der Waals surface area (Å²) in [5, 5.41) is 13.4. The summed E-state index contributed by atoms with van der Waals surface area (Å²) in [7, 11) is 1.82. The lowest BCUT2D eigenvalue weighted by Gasteiger charge is -2.30. The molecule has 0 saturated carbocycles. The van der Waals surface area contributed by atoms with Crippen molar-refractivity contribution in [3.05, 3.63) is 112 Å². The monoisotopic (exact) mass is 706 g/mol. The Morgan fingerprint density at radius 1 is 0.980 bits per heavy atom. The van der Waals surface area contributed by atoms with E-state index in [4.69, 9.17) is 14.5 Å². The summed E-state index contributed by atoms with van der Waals surface area (Å²) in [6.07, 6.45) is 1.24. The average Bonchev–Trinajstić information content (AvgIpc) is 3.73. The number of carbonyl (C=O) groups excluding carboxylic acids is 1. The molecule has 1 aromatic heterocycles. The minimum Gasteiger partial charge on any atom is -0.493 e. The molecule has 6 rings (SSSR count). The lowest BCUT2D eigenvalue weighted by Crippen LogP contribution is -2.37. The van der Waals surface area contributed by atoms with Crippen LogP contribution in [0.1, 0.15) is 78.0 Å².